The second-order valence-electron chi connectivity index (χ2n) is 3.42. The first kappa shape index (κ1) is 10.0. The summed E-state index contributed by atoms with van der Waals surface area (Å²) in [5, 5.41) is 2.95. The lowest BCUT2D eigenvalue weighted by Gasteiger charge is -2.25. The van der Waals surface area contributed by atoms with Gasteiger partial charge >= 0.3 is 0 Å². The third-order valence-electron chi connectivity index (χ3n) is 2.43. The minimum atomic E-state index is -0.00224. The van der Waals surface area contributed by atoms with Gasteiger partial charge in [-0.15, -0.1) is 0 Å². The summed E-state index contributed by atoms with van der Waals surface area (Å²) in [4.78, 5) is 11.3. The van der Waals surface area contributed by atoms with Gasteiger partial charge in [0.15, 0.2) is 0 Å². The molecule has 0 radical (unpaired) electrons. The second kappa shape index (κ2) is 4.85. The number of carbonyl (C=O) groups is 1. The van der Waals surface area contributed by atoms with Gasteiger partial charge in [-0.1, -0.05) is 29.3 Å². The Morgan fingerprint density at radius 3 is 2.75 bits per heavy atom. The highest BCUT2D eigenvalue weighted by atomic mass is 79.9. The minimum absolute atomic E-state index is 0.00224. The van der Waals surface area contributed by atoms with Crippen LogP contribution in [0.4, 0.5) is 0 Å². The van der Waals surface area contributed by atoms with E-state index < -0.39 is 0 Å². The number of hydrogen-bond acceptors (Lipinski definition) is 1. The van der Waals surface area contributed by atoms with E-state index in [0.29, 0.717) is 0 Å². The van der Waals surface area contributed by atoms with Crippen LogP contribution in [-0.4, -0.2) is 17.3 Å². The summed E-state index contributed by atoms with van der Waals surface area (Å²) in [6.45, 7) is 2.88. The molecular formula is C9H16BrNO. The SMILES string of the molecule is CCC(Br)C(=O)NCC1CCC1. The predicted octanol–water partition coefficient (Wildman–Crippen LogP) is 2.08. The molecule has 1 unspecified atom stereocenters. The van der Waals surface area contributed by atoms with Gasteiger partial charge in [-0.25, -0.2) is 0 Å². The Bertz CT molecular complexity index is 157. The van der Waals surface area contributed by atoms with Gasteiger partial charge in [-0.3, -0.25) is 4.79 Å². The van der Waals surface area contributed by atoms with Crippen LogP contribution in [0.3, 0.4) is 0 Å². The van der Waals surface area contributed by atoms with E-state index in [9.17, 15) is 4.79 Å². The smallest absolute Gasteiger partial charge is 0.233 e. The molecule has 0 aliphatic heterocycles. The highest BCUT2D eigenvalue weighted by Gasteiger charge is 2.19. The first-order chi connectivity index (χ1) is 5.74. The number of hydrogen-bond donors (Lipinski definition) is 1. The maximum Gasteiger partial charge on any atom is 0.233 e. The average Bonchev–Trinajstić information content (AvgIpc) is 2.00. The van der Waals surface area contributed by atoms with Gasteiger partial charge in [0.1, 0.15) is 0 Å². The normalized spacial score (nSPS) is 19.8. The molecule has 3 heteroatoms. The lowest BCUT2D eigenvalue weighted by atomic mass is 9.85. The lowest BCUT2D eigenvalue weighted by Crippen LogP contribution is -2.36. The van der Waals surface area contributed by atoms with E-state index in [2.05, 4.69) is 21.2 Å². The summed E-state index contributed by atoms with van der Waals surface area (Å²) in [6, 6.07) is 0. The van der Waals surface area contributed by atoms with Gasteiger partial charge in [0, 0.05) is 6.54 Å². The Morgan fingerprint density at radius 2 is 2.33 bits per heavy atom. The molecule has 1 atom stereocenters. The predicted molar refractivity (Wildman–Crippen MR) is 53.4 cm³/mol. The number of nitrogens with one attached hydrogen (secondary N) is 1. The van der Waals surface area contributed by atoms with Crippen LogP contribution in [0.25, 0.3) is 0 Å². The summed E-state index contributed by atoms with van der Waals surface area (Å²) in [6.07, 6.45) is 4.78. The monoisotopic (exact) mass is 233 g/mol. The molecule has 0 aromatic heterocycles. The van der Waals surface area contributed by atoms with Crippen LogP contribution in [0, 0.1) is 5.92 Å². The second-order valence-corrected chi connectivity index (χ2v) is 4.52. The molecule has 1 rings (SSSR count). The number of alkyl halides is 1. The van der Waals surface area contributed by atoms with Crippen LogP contribution < -0.4 is 5.32 Å². The molecule has 0 spiro atoms. The molecule has 0 heterocycles. The molecule has 1 aliphatic carbocycles. The van der Waals surface area contributed by atoms with E-state index in [1.54, 1.807) is 0 Å². The van der Waals surface area contributed by atoms with E-state index >= 15 is 0 Å². The Hall–Kier alpha value is -0.0500. The number of carbonyl (C=O) groups excluding carboxylic acids is 1. The summed E-state index contributed by atoms with van der Waals surface area (Å²) >= 11 is 3.32. The van der Waals surface area contributed by atoms with Crippen molar-refractivity contribution in [2.45, 2.75) is 37.4 Å². The van der Waals surface area contributed by atoms with Crippen LogP contribution in [0.15, 0.2) is 0 Å². The number of halogens is 1. The third-order valence-corrected chi connectivity index (χ3v) is 3.50. The van der Waals surface area contributed by atoms with Gasteiger partial charge < -0.3 is 5.32 Å². The summed E-state index contributed by atoms with van der Waals surface area (Å²) in [5.74, 6) is 0.898. The first-order valence-corrected chi connectivity index (χ1v) is 5.57. The Labute approximate surface area is 82.2 Å². The van der Waals surface area contributed by atoms with Crippen LogP contribution in [0.5, 0.6) is 0 Å². The number of amides is 1. The van der Waals surface area contributed by atoms with Crippen molar-refractivity contribution < 1.29 is 4.79 Å². The van der Waals surface area contributed by atoms with Crippen LogP contribution in [0.1, 0.15) is 32.6 Å². The molecule has 1 saturated carbocycles. The maximum atomic E-state index is 11.3. The van der Waals surface area contributed by atoms with Crippen molar-refractivity contribution in [3.05, 3.63) is 0 Å². The van der Waals surface area contributed by atoms with Crippen molar-refractivity contribution in [3.63, 3.8) is 0 Å². The molecule has 1 amide bonds. The summed E-state index contributed by atoms with van der Waals surface area (Å²) in [5.41, 5.74) is 0. The van der Waals surface area contributed by atoms with Crippen molar-refractivity contribution in [1.29, 1.82) is 0 Å². The van der Waals surface area contributed by atoms with E-state index in [-0.39, 0.29) is 10.7 Å². The highest BCUT2D eigenvalue weighted by Crippen LogP contribution is 2.25. The van der Waals surface area contributed by atoms with Gasteiger partial charge in [0.2, 0.25) is 5.91 Å². The largest absolute Gasteiger partial charge is 0.355 e. The summed E-state index contributed by atoms with van der Waals surface area (Å²) in [7, 11) is 0. The fourth-order valence-corrected chi connectivity index (χ4v) is 1.40. The minimum Gasteiger partial charge on any atom is -0.355 e. The average molecular weight is 234 g/mol. The molecule has 2 nitrogen and oxygen atoms in total. The zero-order valence-electron chi connectivity index (χ0n) is 7.48. The third kappa shape index (κ3) is 2.77. The quantitative estimate of drug-likeness (QED) is 0.741. The molecule has 0 aromatic carbocycles. The molecule has 0 aromatic rings. The molecule has 1 N–H and O–H groups in total. The zero-order chi connectivity index (χ0) is 8.97. The molecular weight excluding hydrogens is 218 g/mol. The van der Waals surface area contributed by atoms with Gasteiger partial charge in [-0.2, -0.15) is 0 Å². The van der Waals surface area contributed by atoms with E-state index in [0.717, 1.165) is 18.9 Å². The molecule has 12 heavy (non-hydrogen) atoms. The zero-order valence-corrected chi connectivity index (χ0v) is 9.06. The Morgan fingerprint density at radius 1 is 1.67 bits per heavy atom. The van der Waals surface area contributed by atoms with Gasteiger partial charge in [0.05, 0.1) is 4.83 Å². The van der Waals surface area contributed by atoms with E-state index in [1.165, 1.54) is 19.3 Å². The van der Waals surface area contributed by atoms with Crippen LogP contribution in [-0.2, 0) is 4.79 Å². The van der Waals surface area contributed by atoms with Crippen molar-refractivity contribution in [2.24, 2.45) is 5.92 Å². The molecule has 1 fully saturated rings. The van der Waals surface area contributed by atoms with Gasteiger partial charge in [0.25, 0.3) is 0 Å². The first-order valence-electron chi connectivity index (χ1n) is 4.65. The van der Waals surface area contributed by atoms with Crippen molar-refractivity contribution in [3.8, 4) is 0 Å². The topological polar surface area (TPSA) is 29.1 Å². The van der Waals surface area contributed by atoms with Crippen molar-refractivity contribution in [1.82, 2.24) is 5.32 Å². The van der Waals surface area contributed by atoms with Crippen molar-refractivity contribution >= 4 is 21.8 Å². The fourth-order valence-electron chi connectivity index (χ4n) is 1.24. The van der Waals surface area contributed by atoms with Crippen LogP contribution in [0.2, 0.25) is 0 Å². The lowest BCUT2D eigenvalue weighted by molar-refractivity contribution is -0.120. The van der Waals surface area contributed by atoms with Gasteiger partial charge in [-0.05, 0) is 25.2 Å². The Kier molecular flexibility index (Phi) is 4.06. The van der Waals surface area contributed by atoms with Crippen LogP contribution >= 0.6 is 15.9 Å². The standard InChI is InChI=1S/C9H16BrNO/c1-2-8(10)9(12)11-6-7-4-3-5-7/h7-8H,2-6H2,1H3,(H,11,12). The summed E-state index contributed by atoms with van der Waals surface area (Å²) < 4.78 is 0. The fraction of sp³-hybridized carbons (Fsp3) is 0.889. The molecule has 70 valence electrons. The molecule has 1 aliphatic rings. The number of rotatable bonds is 4. The molecule has 0 saturated heterocycles. The maximum absolute atomic E-state index is 11.3. The van der Waals surface area contributed by atoms with Crippen molar-refractivity contribution in [2.75, 3.05) is 6.54 Å². The highest BCUT2D eigenvalue weighted by molar-refractivity contribution is 9.10. The van der Waals surface area contributed by atoms with E-state index in [1.807, 2.05) is 6.92 Å². The molecule has 0 bridgehead atoms. The Balaban J connectivity index is 2.08. The van der Waals surface area contributed by atoms with E-state index in [4.69, 9.17) is 0 Å².